The van der Waals surface area contributed by atoms with Crippen LogP contribution in [0.5, 0.6) is 5.75 Å². The van der Waals surface area contributed by atoms with Gasteiger partial charge in [-0.3, -0.25) is 4.90 Å². The number of hydrogen-bond donors (Lipinski definition) is 1. The molecule has 1 aromatic carbocycles. The van der Waals surface area contributed by atoms with E-state index in [2.05, 4.69) is 53.0 Å². The summed E-state index contributed by atoms with van der Waals surface area (Å²) in [5, 5.41) is 3.69. The van der Waals surface area contributed by atoms with Crippen molar-refractivity contribution in [3.63, 3.8) is 0 Å². The van der Waals surface area contributed by atoms with E-state index in [1.165, 1.54) is 12.0 Å². The predicted molar refractivity (Wildman–Crippen MR) is 91.8 cm³/mol. The molecule has 3 nitrogen and oxygen atoms in total. The summed E-state index contributed by atoms with van der Waals surface area (Å²) in [7, 11) is 1.75. The summed E-state index contributed by atoms with van der Waals surface area (Å²) in [4.78, 5) is 2.60. The van der Waals surface area contributed by atoms with Crippen molar-refractivity contribution in [2.45, 2.75) is 45.8 Å². The second-order valence-corrected chi connectivity index (χ2v) is 7.12. The van der Waals surface area contributed by atoms with Crippen molar-refractivity contribution in [1.29, 1.82) is 0 Å². The summed E-state index contributed by atoms with van der Waals surface area (Å²) in [6.45, 7) is 9.99. The first-order chi connectivity index (χ1) is 10.0. The maximum absolute atomic E-state index is 5.52. The first kappa shape index (κ1) is 16.8. The molecule has 0 radical (unpaired) electrons. The Morgan fingerprint density at radius 2 is 2.19 bits per heavy atom. The Bertz CT molecular complexity index is 464. The minimum absolute atomic E-state index is 0.575. The molecule has 1 aliphatic rings. The lowest BCUT2D eigenvalue weighted by Gasteiger charge is -2.41. The van der Waals surface area contributed by atoms with E-state index in [0.29, 0.717) is 18.0 Å². The Kier molecular flexibility index (Phi) is 6.08. The normalized spacial score (nSPS) is 23.5. The zero-order valence-electron chi connectivity index (χ0n) is 13.5. The summed E-state index contributed by atoms with van der Waals surface area (Å²) < 4.78 is 6.63. The summed E-state index contributed by atoms with van der Waals surface area (Å²) in [6.07, 6.45) is 1.17. The second-order valence-electron chi connectivity index (χ2n) is 6.21. The molecule has 1 aliphatic heterocycles. The fourth-order valence-corrected chi connectivity index (χ4v) is 3.42. The highest BCUT2D eigenvalue weighted by Gasteiger charge is 2.28. The number of piperazine rings is 1. The maximum Gasteiger partial charge on any atom is 0.123 e. The van der Waals surface area contributed by atoms with Gasteiger partial charge in [0.05, 0.1) is 7.11 Å². The smallest absolute Gasteiger partial charge is 0.123 e. The molecule has 2 rings (SSSR count). The highest BCUT2D eigenvalue weighted by Crippen LogP contribution is 2.26. The third-order valence-corrected chi connectivity index (χ3v) is 4.95. The number of ether oxygens (including phenoxy) is 1. The van der Waals surface area contributed by atoms with Crippen molar-refractivity contribution in [2.24, 2.45) is 5.92 Å². The largest absolute Gasteiger partial charge is 0.496 e. The topological polar surface area (TPSA) is 24.5 Å². The van der Waals surface area contributed by atoms with E-state index in [-0.39, 0.29) is 0 Å². The fourth-order valence-electron chi connectivity index (χ4n) is 3.02. The Morgan fingerprint density at radius 1 is 1.43 bits per heavy atom. The summed E-state index contributed by atoms with van der Waals surface area (Å²) >= 11 is 3.57. The van der Waals surface area contributed by atoms with Crippen molar-refractivity contribution in [1.82, 2.24) is 10.2 Å². The van der Waals surface area contributed by atoms with Crippen LogP contribution in [0, 0.1) is 5.92 Å². The quantitative estimate of drug-likeness (QED) is 0.872. The van der Waals surface area contributed by atoms with Crippen LogP contribution in [-0.4, -0.2) is 37.2 Å². The molecular weight excluding hydrogens is 328 g/mol. The average molecular weight is 355 g/mol. The number of hydrogen-bond acceptors (Lipinski definition) is 3. The molecule has 0 bridgehead atoms. The molecule has 1 heterocycles. The lowest BCUT2D eigenvalue weighted by Crippen LogP contribution is -2.57. The first-order valence-corrected chi connectivity index (χ1v) is 8.64. The minimum Gasteiger partial charge on any atom is -0.496 e. The molecule has 0 amide bonds. The molecule has 21 heavy (non-hydrogen) atoms. The van der Waals surface area contributed by atoms with Crippen LogP contribution in [0.15, 0.2) is 22.7 Å². The molecule has 1 N–H and O–H groups in total. The number of nitrogens with one attached hydrogen (secondary N) is 1. The number of methoxy groups -OCH3 is 1. The van der Waals surface area contributed by atoms with E-state index in [1.54, 1.807) is 7.11 Å². The predicted octanol–water partition coefficient (Wildman–Crippen LogP) is 3.67. The molecule has 0 aromatic heterocycles. The number of nitrogens with zero attached hydrogens (tertiary/aromatic N) is 1. The van der Waals surface area contributed by atoms with E-state index in [0.717, 1.165) is 29.9 Å². The lowest BCUT2D eigenvalue weighted by molar-refractivity contribution is 0.102. The Labute approximate surface area is 137 Å². The molecular formula is C17H27BrN2O. The van der Waals surface area contributed by atoms with Gasteiger partial charge in [-0.15, -0.1) is 0 Å². The van der Waals surface area contributed by atoms with Gasteiger partial charge in [-0.2, -0.15) is 0 Å². The molecule has 0 saturated carbocycles. The monoisotopic (exact) mass is 354 g/mol. The molecule has 0 spiro atoms. The molecule has 1 aromatic rings. The molecule has 118 valence electrons. The first-order valence-electron chi connectivity index (χ1n) is 7.85. The summed E-state index contributed by atoms with van der Waals surface area (Å²) in [5.41, 5.74) is 1.26. The standard InChI is InChI=1S/C17H27BrN2O/c1-5-15-9-19-16(12(2)3)11-20(15)10-13-8-14(18)6-7-17(13)21-4/h6-8,12,15-16,19H,5,9-11H2,1-4H3. The van der Waals surface area contributed by atoms with Gasteiger partial charge in [-0.05, 0) is 30.5 Å². The third-order valence-electron chi connectivity index (χ3n) is 4.46. The van der Waals surface area contributed by atoms with Gasteiger partial charge in [0.1, 0.15) is 5.75 Å². The van der Waals surface area contributed by atoms with Gasteiger partial charge in [0.15, 0.2) is 0 Å². The molecule has 1 fully saturated rings. The van der Waals surface area contributed by atoms with Gasteiger partial charge in [-0.1, -0.05) is 36.7 Å². The lowest BCUT2D eigenvalue weighted by atomic mass is 9.97. The maximum atomic E-state index is 5.52. The van der Waals surface area contributed by atoms with Crippen molar-refractivity contribution >= 4 is 15.9 Å². The van der Waals surface area contributed by atoms with Crippen LogP contribution in [0.3, 0.4) is 0 Å². The Morgan fingerprint density at radius 3 is 2.81 bits per heavy atom. The number of benzene rings is 1. The van der Waals surface area contributed by atoms with Crippen LogP contribution in [0.2, 0.25) is 0 Å². The van der Waals surface area contributed by atoms with Crippen molar-refractivity contribution in [2.75, 3.05) is 20.2 Å². The van der Waals surface area contributed by atoms with Crippen LogP contribution < -0.4 is 10.1 Å². The van der Waals surface area contributed by atoms with Crippen LogP contribution in [0.1, 0.15) is 32.8 Å². The average Bonchev–Trinajstić information content (AvgIpc) is 2.47. The van der Waals surface area contributed by atoms with Gasteiger partial charge >= 0.3 is 0 Å². The van der Waals surface area contributed by atoms with Crippen molar-refractivity contribution in [3.05, 3.63) is 28.2 Å². The Balaban J connectivity index is 2.16. The molecule has 1 saturated heterocycles. The van der Waals surface area contributed by atoms with Gasteiger partial charge in [0.2, 0.25) is 0 Å². The van der Waals surface area contributed by atoms with E-state index in [9.17, 15) is 0 Å². The number of halogens is 1. The SMILES string of the molecule is CCC1CNC(C(C)C)CN1Cc1cc(Br)ccc1OC. The van der Waals surface area contributed by atoms with Crippen molar-refractivity contribution < 1.29 is 4.74 Å². The highest BCUT2D eigenvalue weighted by molar-refractivity contribution is 9.10. The van der Waals surface area contributed by atoms with Crippen molar-refractivity contribution in [3.8, 4) is 5.75 Å². The van der Waals surface area contributed by atoms with E-state index in [1.807, 2.05) is 12.1 Å². The van der Waals surface area contributed by atoms with Gasteiger partial charge in [0.25, 0.3) is 0 Å². The second kappa shape index (κ2) is 7.61. The van der Waals surface area contributed by atoms with E-state index < -0.39 is 0 Å². The van der Waals surface area contributed by atoms with E-state index >= 15 is 0 Å². The third kappa shape index (κ3) is 4.21. The molecule has 4 heteroatoms. The zero-order chi connectivity index (χ0) is 15.4. The zero-order valence-corrected chi connectivity index (χ0v) is 15.1. The van der Waals surface area contributed by atoms with E-state index in [4.69, 9.17) is 4.74 Å². The van der Waals surface area contributed by atoms with Gasteiger partial charge < -0.3 is 10.1 Å². The fraction of sp³-hybridized carbons (Fsp3) is 0.647. The minimum atomic E-state index is 0.575. The summed E-state index contributed by atoms with van der Waals surface area (Å²) in [6, 6.07) is 7.43. The van der Waals surface area contributed by atoms with Gasteiger partial charge in [-0.25, -0.2) is 0 Å². The van der Waals surface area contributed by atoms with Crippen LogP contribution in [-0.2, 0) is 6.54 Å². The Hall–Kier alpha value is -0.580. The molecule has 2 unspecified atom stereocenters. The summed E-state index contributed by atoms with van der Waals surface area (Å²) in [5.74, 6) is 1.64. The highest BCUT2D eigenvalue weighted by atomic mass is 79.9. The van der Waals surface area contributed by atoms with Crippen LogP contribution in [0.4, 0.5) is 0 Å². The van der Waals surface area contributed by atoms with Gasteiger partial charge in [0, 0.05) is 41.8 Å². The van der Waals surface area contributed by atoms with Crippen LogP contribution >= 0.6 is 15.9 Å². The van der Waals surface area contributed by atoms with Crippen LogP contribution in [0.25, 0.3) is 0 Å². The molecule has 2 atom stereocenters. The molecule has 0 aliphatic carbocycles. The number of rotatable bonds is 5.